The summed E-state index contributed by atoms with van der Waals surface area (Å²) in [7, 11) is 1.99. The van der Waals surface area contributed by atoms with Crippen LogP contribution in [0.25, 0.3) is 0 Å². The number of benzene rings is 2. The van der Waals surface area contributed by atoms with Crippen LogP contribution in [0, 0.1) is 5.82 Å². The number of nitrogens with two attached hydrogens (primary N) is 1. The topological polar surface area (TPSA) is 29.3 Å². The fourth-order valence-electron chi connectivity index (χ4n) is 2.64. The molecule has 2 atom stereocenters. The Labute approximate surface area is 130 Å². The molecule has 0 amide bonds. The predicted molar refractivity (Wildman–Crippen MR) is 85.7 cm³/mol. The molecule has 2 aromatic rings. The van der Waals surface area contributed by atoms with E-state index in [4.69, 9.17) is 17.3 Å². The highest BCUT2D eigenvalue weighted by molar-refractivity contribution is 6.30. The van der Waals surface area contributed by atoms with Crippen LogP contribution in [0.4, 0.5) is 4.39 Å². The first-order valence-electron chi connectivity index (χ1n) is 6.93. The second kappa shape index (κ2) is 7.03. The standard InChI is InChI=1S/C17H20ClFN2/c1-12(20)17(14-6-8-15(18)9-7-14)21(2)11-13-4-3-5-16(19)10-13/h3-10,12,17H,11,20H2,1-2H3. The molecule has 2 unspecified atom stereocenters. The Kier molecular flexibility index (Phi) is 5.34. The molecule has 112 valence electrons. The molecule has 0 heterocycles. The number of hydrogen-bond donors (Lipinski definition) is 1. The van der Waals surface area contributed by atoms with Gasteiger partial charge in [-0.15, -0.1) is 0 Å². The SMILES string of the molecule is CC(N)C(c1ccc(Cl)cc1)N(C)Cc1cccc(F)c1. The maximum absolute atomic E-state index is 13.3. The molecule has 0 radical (unpaired) electrons. The molecule has 2 nitrogen and oxygen atoms in total. The molecule has 21 heavy (non-hydrogen) atoms. The van der Waals surface area contributed by atoms with Crippen molar-refractivity contribution in [3.8, 4) is 0 Å². The average Bonchev–Trinajstić information content (AvgIpc) is 2.41. The smallest absolute Gasteiger partial charge is 0.123 e. The summed E-state index contributed by atoms with van der Waals surface area (Å²) in [6, 6.07) is 14.3. The summed E-state index contributed by atoms with van der Waals surface area (Å²) in [4.78, 5) is 2.13. The summed E-state index contributed by atoms with van der Waals surface area (Å²) < 4.78 is 13.3. The van der Waals surface area contributed by atoms with E-state index in [0.717, 1.165) is 11.1 Å². The van der Waals surface area contributed by atoms with Crippen molar-refractivity contribution in [1.82, 2.24) is 4.90 Å². The van der Waals surface area contributed by atoms with E-state index in [0.29, 0.717) is 11.6 Å². The van der Waals surface area contributed by atoms with Gasteiger partial charge in [0.1, 0.15) is 5.82 Å². The van der Waals surface area contributed by atoms with E-state index in [2.05, 4.69) is 4.90 Å². The first kappa shape index (κ1) is 16.0. The Balaban J connectivity index is 2.19. The van der Waals surface area contributed by atoms with Gasteiger partial charge in [-0.2, -0.15) is 0 Å². The molecule has 0 aliphatic rings. The monoisotopic (exact) mass is 306 g/mol. The lowest BCUT2D eigenvalue weighted by Crippen LogP contribution is -2.36. The van der Waals surface area contributed by atoms with Crippen LogP contribution in [0.1, 0.15) is 24.1 Å². The lowest BCUT2D eigenvalue weighted by atomic mass is 9.99. The van der Waals surface area contributed by atoms with Gasteiger partial charge in [0.25, 0.3) is 0 Å². The van der Waals surface area contributed by atoms with Gasteiger partial charge in [0.15, 0.2) is 0 Å². The van der Waals surface area contributed by atoms with Crippen LogP contribution >= 0.6 is 11.6 Å². The molecular formula is C17H20ClFN2. The van der Waals surface area contributed by atoms with E-state index in [1.54, 1.807) is 12.1 Å². The maximum atomic E-state index is 13.3. The van der Waals surface area contributed by atoms with E-state index < -0.39 is 0 Å². The van der Waals surface area contributed by atoms with Gasteiger partial charge in [0.2, 0.25) is 0 Å². The van der Waals surface area contributed by atoms with Gasteiger partial charge >= 0.3 is 0 Å². The Hall–Kier alpha value is -1.42. The molecule has 0 fully saturated rings. The van der Waals surface area contributed by atoms with Gasteiger partial charge in [-0.1, -0.05) is 35.9 Å². The summed E-state index contributed by atoms with van der Waals surface area (Å²) in [6.07, 6.45) is 0. The Bertz CT molecular complexity index is 584. The number of hydrogen-bond acceptors (Lipinski definition) is 2. The van der Waals surface area contributed by atoms with Gasteiger partial charge in [0, 0.05) is 23.7 Å². The summed E-state index contributed by atoms with van der Waals surface area (Å²) in [6.45, 7) is 2.61. The third-order valence-corrected chi connectivity index (χ3v) is 3.76. The van der Waals surface area contributed by atoms with Crippen molar-refractivity contribution < 1.29 is 4.39 Å². The molecule has 0 bridgehead atoms. The molecule has 2 N–H and O–H groups in total. The lowest BCUT2D eigenvalue weighted by molar-refractivity contribution is 0.211. The van der Waals surface area contributed by atoms with Crippen molar-refractivity contribution in [2.45, 2.75) is 25.6 Å². The van der Waals surface area contributed by atoms with Crippen molar-refractivity contribution in [2.75, 3.05) is 7.05 Å². The van der Waals surface area contributed by atoms with E-state index in [1.165, 1.54) is 6.07 Å². The summed E-state index contributed by atoms with van der Waals surface area (Å²) in [5.74, 6) is -0.218. The minimum atomic E-state index is -0.218. The second-order valence-electron chi connectivity index (χ2n) is 5.40. The molecule has 2 aromatic carbocycles. The largest absolute Gasteiger partial charge is 0.326 e. The second-order valence-corrected chi connectivity index (χ2v) is 5.84. The zero-order valence-corrected chi connectivity index (χ0v) is 13.0. The van der Waals surface area contributed by atoms with Crippen molar-refractivity contribution >= 4 is 11.6 Å². The van der Waals surface area contributed by atoms with Gasteiger partial charge < -0.3 is 5.73 Å². The van der Waals surface area contributed by atoms with Crippen molar-refractivity contribution in [3.05, 3.63) is 70.5 Å². The average molecular weight is 307 g/mol. The molecule has 0 saturated heterocycles. The Morgan fingerprint density at radius 3 is 2.43 bits per heavy atom. The van der Waals surface area contributed by atoms with Crippen LogP contribution in [0.15, 0.2) is 48.5 Å². The molecule has 0 aromatic heterocycles. The zero-order chi connectivity index (χ0) is 15.4. The highest BCUT2D eigenvalue weighted by Crippen LogP contribution is 2.25. The van der Waals surface area contributed by atoms with Crippen molar-refractivity contribution in [1.29, 1.82) is 0 Å². The number of rotatable bonds is 5. The first-order chi connectivity index (χ1) is 9.97. The zero-order valence-electron chi connectivity index (χ0n) is 12.3. The van der Waals surface area contributed by atoms with Crippen LogP contribution in [-0.2, 0) is 6.54 Å². The van der Waals surface area contributed by atoms with Crippen LogP contribution in [0.5, 0.6) is 0 Å². The summed E-state index contributed by atoms with van der Waals surface area (Å²) in [5, 5.41) is 0.704. The van der Waals surface area contributed by atoms with E-state index in [9.17, 15) is 4.39 Å². The Morgan fingerprint density at radius 2 is 1.86 bits per heavy atom. The molecule has 0 aliphatic heterocycles. The van der Waals surface area contributed by atoms with Gasteiger partial charge in [-0.05, 0) is 49.4 Å². The summed E-state index contributed by atoms with van der Waals surface area (Å²) in [5.41, 5.74) is 8.18. The number of likely N-dealkylation sites (N-methyl/N-ethyl adjacent to an activating group) is 1. The molecule has 4 heteroatoms. The van der Waals surface area contributed by atoms with E-state index >= 15 is 0 Å². The third-order valence-electron chi connectivity index (χ3n) is 3.51. The third kappa shape index (κ3) is 4.27. The number of nitrogens with zero attached hydrogens (tertiary/aromatic N) is 1. The fourth-order valence-corrected chi connectivity index (χ4v) is 2.77. The lowest BCUT2D eigenvalue weighted by Gasteiger charge is -2.31. The highest BCUT2D eigenvalue weighted by Gasteiger charge is 2.21. The van der Waals surface area contributed by atoms with Crippen LogP contribution in [0.2, 0.25) is 5.02 Å². The Morgan fingerprint density at radius 1 is 1.19 bits per heavy atom. The minimum Gasteiger partial charge on any atom is -0.326 e. The van der Waals surface area contributed by atoms with E-state index in [-0.39, 0.29) is 17.9 Å². The molecule has 0 aliphatic carbocycles. The maximum Gasteiger partial charge on any atom is 0.123 e. The quantitative estimate of drug-likeness (QED) is 0.904. The van der Waals surface area contributed by atoms with Crippen LogP contribution < -0.4 is 5.73 Å². The van der Waals surface area contributed by atoms with Gasteiger partial charge in [0.05, 0.1) is 0 Å². The number of halogens is 2. The highest BCUT2D eigenvalue weighted by atomic mass is 35.5. The molecular weight excluding hydrogens is 287 g/mol. The van der Waals surface area contributed by atoms with Gasteiger partial charge in [-0.25, -0.2) is 4.39 Å². The molecule has 0 saturated carbocycles. The first-order valence-corrected chi connectivity index (χ1v) is 7.31. The van der Waals surface area contributed by atoms with Crippen molar-refractivity contribution in [3.63, 3.8) is 0 Å². The fraction of sp³-hybridized carbons (Fsp3) is 0.294. The normalized spacial score (nSPS) is 14.2. The van der Waals surface area contributed by atoms with Crippen molar-refractivity contribution in [2.24, 2.45) is 5.73 Å². The minimum absolute atomic E-state index is 0.0468. The summed E-state index contributed by atoms with van der Waals surface area (Å²) >= 11 is 5.94. The molecule has 0 spiro atoms. The van der Waals surface area contributed by atoms with Crippen LogP contribution in [0.3, 0.4) is 0 Å². The molecule has 2 rings (SSSR count). The van der Waals surface area contributed by atoms with Crippen LogP contribution in [-0.4, -0.2) is 18.0 Å². The van der Waals surface area contributed by atoms with E-state index in [1.807, 2.05) is 44.3 Å². The predicted octanol–water partition coefficient (Wildman–Crippen LogP) is 4.00. The van der Waals surface area contributed by atoms with Gasteiger partial charge in [-0.3, -0.25) is 4.90 Å².